The average Bonchev–Trinajstić information content (AvgIpc) is 3.97. The van der Waals surface area contributed by atoms with Gasteiger partial charge in [0.1, 0.15) is 51.6 Å². The fraction of sp³-hybridized carbons (Fsp3) is 0.364. The van der Waals surface area contributed by atoms with Gasteiger partial charge in [-0.1, -0.05) is 26.3 Å². The molecule has 2 aliphatic rings. The van der Waals surface area contributed by atoms with Crippen LogP contribution >= 0.6 is 11.3 Å². The summed E-state index contributed by atoms with van der Waals surface area (Å²) in [6.45, 7) is 10.3. The highest BCUT2D eigenvalue weighted by atomic mass is 32.1. The van der Waals surface area contributed by atoms with Gasteiger partial charge < -0.3 is 24.0 Å². The van der Waals surface area contributed by atoms with Crippen LogP contribution in [0.2, 0.25) is 0 Å². The Morgan fingerprint density at radius 1 is 0.821 bits per heavy atom. The van der Waals surface area contributed by atoms with Crippen molar-refractivity contribution in [1.29, 1.82) is 0 Å². The number of H-pyrrole nitrogens is 1. The standard InChI is InChI=1S/C44H45N5O6S/c1-4-25-15-29-39(52)33(21-54-41(29)31(37(25)50)19-48-12-7-6-8-13-48)43-46-35-10-9-27(17-36(35)47-43)28-11-14-49(18-28)20-32-38(51)26(5-2)16-30-40(53)34(22-55-42(30)32)44-45-24(3)23-56-44/h9-10,15-17,21-23,28,50-51H,4-8,11-14,18-20H2,1-3H3,(H,46,47). The van der Waals surface area contributed by atoms with Gasteiger partial charge in [0, 0.05) is 30.7 Å². The minimum Gasteiger partial charge on any atom is -0.507 e. The fourth-order valence-electron chi connectivity index (χ4n) is 8.63. The van der Waals surface area contributed by atoms with Crippen molar-refractivity contribution in [2.45, 2.75) is 78.3 Å². The van der Waals surface area contributed by atoms with Crippen LogP contribution in [0.25, 0.3) is 54.9 Å². The first kappa shape index (κ1) is 36.3. The Morgan fingerprint density at radius 2 is 1.46 bits per heavy atom. The van der Waals surface area contributed by atoms with E-state index in [1.807, 2.05) is 32.2 Å². The number of likely N-dealkylation sites (tertiary alicyclic amines) is 2. The van der Waals surface area contributed by atoms with E-state index >= 15 is 0 Å². The monoisotopic (exact) mass is 771 g/mol. The third kappa shape index (κ3) is 6.39. The van der Waals surface area contributed by atoms with Crippen molar-refractivity contribution in [1.82, 2.24) is 24.8 Å². The van der Waals surface area contributed by atoms with Gasteiger partial charge in [-0.05, 0) is 106 Å². The largest absolute Gasteiger partial charge is 0.507 e. The molecule has 12 heteroatoms. The van der Waals surface area contributed by atoms with Crippen molar-refractivity contribution >= 4 is 44.3 Å². The molecule has 2 aliphatic heterocycles. The van der Waals surface area contributed by atoms with Crippen LogP contribution in [0.4, 0.5) is 0 Å². The molecule has 0 amide bonds. The first-order valence-electron chi connectivity index (χ1n) is 19.7. The summed E-state index contributed by atoms with van der Waals surface area (Å²) < 4.78 is 12.3. The number of benzene rings is 3. The molecule has 288 valence electrons. The van der Waals surface area contributed by atoms with Crippen LogP contribution in [0.1, 0.15) is 79.0 Å². The van der Waals surface area contributed by atoms with Crippen LogP contribution in [-0.2, 0) is 25.9 Å². The zero-order valence-electron chi connectivity index (χ0n) is 31.9. The van der Waals surface area contributed by atoms with Gasteiger partial charge in [-0.15, -0.1) is 11.3 Å². The van der Waals surface area contributed by atoms with Crippen LogP contribution < -0.4 is 10.9 Å². The van der Waals surface area contributed by atoms with E-state index in [1.165, 1.54) is 30.3 Å². The number of fused-ring (bicyclic) bond motifs is 3. The molecular weight excluding hydrogens is 727 g/mol. The Morgan fingerprint density at radius 3 is 2.11 bits per heavy atom. The third-order valence-corrected chi connectivity index (χ3v) is 12.7. The number of aryl methyl sites for hydroxylation is 3. The summed E-state index contributed by atoms with van der Waals surface area (Å²) in [5.41, 5.74) is 7.62. The second kappa shape index (κ2) is 14.6. The van der Waals surface area contributed by atoms with Gasteiger partial charge in [-0.25, -0.2) is 9.97 Å². The number of aromatic amines is 1. The number of thiazole rings is 1. The predicted octanol–water partition coefficient (Wildman–Crippen LogP) is 8.39. The van der Waals surface area contributed by atoms with Gasteiger partial charge >= 0.3 is 0 Å². The molecule has 2 saturated heterocycles. The summed E-state index contributed by atoms with van der Waals surface area (Å²) in [6.07, 6.45) is 8.49. The van der Waals surface area contributed by atoms with Gasteiger partial charge in [-0.3, -0.25) is 19.4 Å². The molecule has 0 aliphatic carbocycles. The summed E-state index contributed by atoms with van der Waals surface area (Å²) in [4.78, 5) is 45.1. The predicted molar refractivity (Wildman–Crippen MR) is 220 cm³/mol. The first-order chi connectivity index (χ1) is 27.2. The van der Waals surface area contributed by atoms with E-state index in [1.54, 1.807) is 12.1 Å². The van der Waals surface area contributed by atoms with Crippen LogP contribution in [0.5, 0.6) is 11.5 Å². The van der Waals surface area contributed by atoms with E-state index in [0.717, 1.165) is 73.3 Å². The van der Waals surface area contributed by atoms with Crippen molar-refractivity contribution in [3.8, 4) is 33.5 Å². The second-order valence-corrected chi connectivity index (χ2v) is 16.2. The molecule has 0 bridgehead atoms. The Balaban J connectivity index is 0.982. The maximum Gasteiger partial charge on any atom is 0.203 e. The van der Waals surface area contributed by atoms with Gasteiger partial charge in [-0.2, -0.15) is 0 Å². The first-order valence-corrected chi connectivity index (χ1v) is 20.5. The number of piperidine rings is 1. The number of nitrogens with one attached hydrogen (secondary N) is 1. The van der Waals surface area contributed by atoms with Gasteiger partial charge in [0.05, 0.1) is 38.5 Å². The fourth-order valence-corrected chi connectivity index (χ4v) is 9.43. The summed E-state index contributed by atoms with van der Waals surface area (Å²) >= 11 is 1.41. The van der Waals surface area contributed by atoms with E-state index in [4.69, 9.17) is 13.8 Å². The van der Waals surface area contributed by atoms with Crippen LogP contribution in [-0.4, -0.2) is 61.1 Å². The van der Waals surface area contributed by atoms with Crippen molar-refractivity contribution in [2.24, 2.45) is 0 Å². The van der Waals surface area contributed by atoms with Gasteiger partial charge in [0.15, 0.2) is 0 Å². The summed E-state index contributed by atoms with van der Waals surface area (Å²) in [6, 6.07) is 9.71. The average molecular weight is 772 g/mol. The topological polar surface area (TPSA) is 149 Å². The SMILES string of the molecule is CCc1cc2c(=O)c(-c3nc4ccc(C5CCN(Cc6c(O)c(CC)cc7c(=O)c(-c8nc(C)cs8)coc67)C5)cc4[nH]3)coc2c(CN2CCCCC2)c1O. The lowest BCUT2D eigenvalue weighted by Crippen LogP contribution is -2.29. The van der Waals surface area contributed by atoms with E-state index in [-0.39, 0.29) is 28.3 Å². The molecule has 0 radical (unpaired) electrons. The lowest BCUT2D eigenvalue weighted by atomic mass is 9.98. The molecule has 6 heterocycles. The van der Waals surface area contributed by atoms with Crippen molar-refractivity contribution in [3.05, 3.63) is 102 Å². The summed E-state index contributed by atoms with van der Waals surface area (Å²) in [7, 11) is 0. The van der Waals surface area contributed by atoms with Crippen molar-refractivity contribution in [2.75, 3.05) is 26.2 Å². The van der Waals surface area contributed by atoms with Gasteiger partial charge in [0.25, 0.3) is 0 Å². The molecule has 0 saturated carbocycles. The lowest BCUT2D eigenvalue weighted by Gasteiger charge is -2.27. The smallest absolute Gasteiger partial charge is 0.203 e. The molecule has 1 unspecified atom stereocenters. The number of aromatic hydroxyl groups is 2. The van der Waals surface area contributed by atoms with Gasteiger partial charge in [0.2, 0.25) is 10.9 Å². The number of nitrogens with zero attached hydrogens (tertiary/aromatic N) is 4. The minimum absolute atomic E-state index is 0.146. The molecule has 4 aromatic heterocycles. The van der Waals surface area contributed by atoms with Crippen LogP contribution in [0.3, 0.4) is 0 Å². The molecule has 0 spiro atoms. The van der Waals surface area contributed by atoms with E-state index in [2.05, 4.69) is 31.9 Å². The Hall–Kier alpha value is -5.30. The molecule has 1 atom stereocenters. The molecule has 3 aromatic carbocycles. The highest BCUT2D eigenvalue weighted by Crippen LogP contribution is 2.37. The summed E-state index contributed by atoms with van der Waals surface area (Å²) in [5, 5.41) is 26.0. The Bertz CT molecular complexity index is 2760. The quantitative estimate of drug-likeness (QED) is 0.131. The van der Waals surface area contributed by atoms with E-state index in [9.17, 15) is 19.8 Å². The highest BCUT2D eigenvalue weighted by molar-refractivity contribution is 7.13. The highest BCUT2D eigenvalue weighted by Gasteiger charge is 2.28. The zero-order valence-corrected chi connectivity index (χ0v) is 32.7. The van der Waals surface area contributed by atoms with Crippen LogP contribution in [0.15, 0.2) is 66.7 Å². The molecule has 7 aromatic rings. The number of phenolic OH excluding ortho intramolecular Hbond substituents is 2. The normalized spacial score (nSPS) is 16.9. The Kier molecular flexibility index (Phi) is 9.51. The van der Waals surface area contributed by atoms with E-state index < -0.39 is 0 Å². The number of aromatic nitrogens is 3. The third-order valence-electron chi connectivity index (χ3n) is 11.8. The Labute approximate surface area is 327 Å². The molecule has 9 rings (SSSR count). The summed E-state index contributed by atoms with van der Waals surface area (Å²) in [5.74, 6) is 1.06. The lowest BCUT2D eigenvalue weighted by molar-refractivity contribution is 0.218. The maximum absolute atomic E-state index is 14.1. The molecule has 2 fully saturated rings. The molecule has 11 nitrogen and oxygen atoms in total. The van der Waals surface area contributed by atoms with Crippen molar-refractivity contribution in [3.63, 3.8) is 0 Å². The zero-order chi connectivity index (χ0) is 38.7. The minimum atomic E-state index is -0.181. The van der Waals surface area contributed by atoms with Crippen molar-refractivity contribution < 1.29 is 19.0 Å². The number of hydrogen-bond donors (Lipinski definition) is 3. The molecule has 56 heavy (non-hydrogen) atoms. The van der Waals surface area contributed by atoms with Crippen LogP contribution in [0, 0.1) is 6.92 Å². The maximum atomic E-state index is 14.1. The number of hydrogen-bond acceptors (Lipinski definition) is 11. The number of imidazole rings is 1. The van der Waals surface area contributed by atoms with E-state index in [0.29, 0.717) is 86.5 Å². The number of phenols is 2. The molecule has 3 N–H and O–H groups in total. The second-order valence-electron chi connectivity index (χ2n) is 15.4. The molecular formula is C44H45N5O6S. The number of rotatable bonds is 9.